The van der Waals surface area contributed by atoms with E-state index in [-0.39, 0.29) is 30.2 Å². The van der Waals surface area contributed by atoms with Crippen LogP contribution in [0.15, 0.2) is 30.3 Å². The molecule has 2 saturated heterocycles. The Labute approximate surface area is 163 Å². The van der Waals surface area contributed by atoms with Crippen LogP contribution in [-0.2, 0) is 14.8 Å². The zero-order valence-electron chi connectivity index (χ0n) is 15.4. The molecule has 1 N–H and O–H groups in total. The third-order valence-corrected chi connectivity index (χ3v) is 7.63. The van der Waals surface area contributed by atoms with Gasteiger partial charge in [-0.2, -0.15) is 0 Å². The SMILES string of the molecule is O=C(c1cc2ccccc2[nH]1)N1CCN2CCS(=O)(=O)N(C3CC3)C(=O)C2C1. The fraction of sp³-hybridized carbons (Fsp3) is 0.474. The number of carbonyl (C=O) groups excluding carboxylic acids is 2. The summed E-state index contributed by atoms with van der Waals surface area (Å²) in [7, 11) is -3.58. The molecule has 0 spiro atoms. The Morgan fingerprint density at radius 2 is 1.89 bits per heavy atom. The summed E-state index contributed by atoms with van der Waals surface area (Å²) in [6.07, 6.45) is 1.46. The Morgan fingerprint density at radius 3 is 2.64 bits per heavy atom. The number of sulfonamides is 1. The molecule has 3 aliphatic rings. The molecule has 5 rings (SSSR count). The van der Waals surface area contributed by atoms with Crippen LogP contribution in [0.2, 0.25) is 0 Å². The van der Waals surface area contributed by atoms with Crippen LogP contribution in [-0.4, -0.2) is 83.3 Å². The molecule has 1 unspecified atom stereocenters. The van der Waals surface area contributed by atoms with Gasteiger partial charge in [-0.25, -0.2) is 12.7 Å². The molecule has 1 aromatic heterocycles. The van der Waals surface area contributed by atoms with Crippen molar-refractivity contribution < 1.29 is 18.0 Å². The number of nitrogens with one attached hydrogen (secondary N) is 1. The summed E-state index contributed by atoms with van der Waals surface area (Å²) < 4.78 is 26.2. The van der Waals surface area contributed by atoms with Gasteiger partial charge in [0.15, 0.2) is 0 Å². The highest BCUT2D eigenvalue weighted by atomic mass is 32.2. The van der Waals surface area contributed by atoms with Gasteiger partial charge in [0, 0.05) is 43.1 Å². The number of carbonyl (C=O) groups is 2. The molecule has 2 amide bonds. The van der Waals surface area contributed by atoms with Crippen LogP contribution in [0.4, 0.5) is 0 Å². The third kappa shape index (κ3) is 2.89. The maximum atomic E-state index is 13.1. The van der Waals surface area contributed by atoms with Gasteiger partial charge < -0.3 is 9.88 Å². The summed E-state index contributed by atoms with van der Waals surface area (Å²) in [5, 5.41) is 0.959. The number of benzene rings is 1. The number of nitrogens with zero attached hydrogens (tertiary/aromatic N) is 3. The summed E-state index contributed by atoms with van der Waals surface area (Å²) in [6.45, 7) is 1.51. The van der Waals surface area contributed by atoms with E-state index < -0.39 is 16.1 Å². The first-order valence-electron chi connectivity index (χ1n) is 9.61. The maximum absolute atomic E-state index is 13.1. The fourth-order valence-corrected chi connectivity index (χ4v) is 5.92. The highest BCUT2D eigenvalue weighted by Crippen LogP contribution is 2.33. The van der Waals surface area contributed by atoms with Gasteiger partial charge >= 0.3 is 0 Å². The van der Waals surface area contributed by atoms with Crippen LogP contribution in [0.1, 0.15) is 23.3 Å². The summed E-state index contributed by atoms with van der Waals surface area (Å²) in [6, 6.07) is 8.70. The van der Waals surface area contributed by atoms with Crippen LogP contribution in [0.25, 0.3) is 10.9 Å². The first kappa shape index (κ1) is 17.7. The lowest BCUT2D eigenvalue weighted by Crippen LogP contribution is -2.59. The Balaban J connectivity index is 1.41. The smallest absolute Gasteiger partial charge is 0.270 e. The topological polar surface area (TPSA) is 93.8 Å². The molecule has 0 radical (unpaired) electrons. The quantitative estimate of drug-likeness (QED) is 0.795. The highest BCUT2D eigenvalue weighted by molar-refractivity contribution is 7.89. The number of piperazine rings is 1. The van der Waals surface area contributed by atoms with E-state index in [0.29, 0.717) is 25.3 Å². The molecule has 1 aromatic carbocycles. The molecule has 1 atom stereocenters. The minimum Gasteiger partial charge on any atom is -0.351 e. The predicted molar refractivity (Wildman–Crippen MR) is 103 cm³/mol. The minimum atomic E-state index is -3.58. The van der Waals surface area contributed by atoms with Crippen molar-refractivity contribution in [3.8, 4) is 0 Å². The Hall–Kier alpha value is -2.39. The molecule has 28 heavy (non-hydrogen) atoms. The van der Waals surface area contributed by atoms with E-state index in [2.05, 4.69) is 4.98 Å². The summed E-state index contributed by atoms with van der Waals surface area (Å²) >= 11 is 0. The maximum Gasteiger partial charge on any atom is 0.270 e. The molecular formula is C19H22N4O4S. The molecule has 2 aromatic rings. The number of aromatic nitrogens is 1. The number of hydrogen-bond donors (Lipinski definition) is 1. The first-order valence-corrected chi connectivity index (χ1v) is 11.2. The molecule has 1 saturated carbocycles. The third-order valence-electron chi connectivity index (χ3n) is 5.86. The van der Waals surface area contributed by atoms with Gasteiger partial charge in [-0.15, -0.1) is 0 Å². The lowest BCUT2D eigenvalue weighted by atomic mass is 10.1. The van der Waals surface area contributed by atoms with Crippen LogP contribution < -0.4 is 0 Å². The number of hydrogen-bond acceptors (Lipinski definition) is 5. The molecule has 0 bridgehead atoms. The molecule has 9 heteroatoms. The van der Waals surface area contributed by atoms with Crippen molar-refractivity contribution in [1.82, 2.24) is 19.1 Å². The Kier molecular flexibility index (Phi) is 3.99. The number of para-hydroxylation sites is 1. The van der Waals surface area contributed by atoms with E-state index in [1.165, 1.54) is 0 Å². The van der Waals surface area contributed by atoms with Gasteiger partial charge in [-0.1, -0.05) is 18.2 Å². The van der Waals surface area contributed by atoms with Crippen molar-refractivity contribution in [3.63, 3.8) is 0 Å². The number of rotatable bonds is 2. The largest absolute Gasteiger partial charge is 0.351 e. The molecule has 3 fully saturated rings. The summed E-state index contributed by atoms with van der Waals surface area (Å²) in [5.74, 6) is -0.579. The number of H-pyrrole nitrogens is 1. The van der Waals surface area contributed by atoms with Crippen LogP contribution in [0.5, 0.6) is 0 Å². The van der Waals surface area contributed by atoms with Gasteiger partial charge in [-0.3, -0.25) is 14.5 Å². The second kappa shape index (κ2) is 6.31. The van der Waals surface area contributed by atoms with Crippen molar-refractivity contribution in [2.75, 3.05) is 31.9 Å². The van der Waals surface area contributed by atoms with Crippen LogP contribution >= 0.6 is 0 Å². The number of aromatic amines is 1. The van der Waals surface area contributed by atoms with Crippen molar-refractivity contribution >= 4 is 32.7 Å². The van der Waals surface area contributed by atoms with E-state index in [4.69, 9.17) is 0 Å². The lowest BCUT2D eigenvalue weighted by Gasteiger charge is -2.39. The molecule has 2 aliphatic heterocycles. The number of fused-ring (bicyclic) bond motifs is 2. The summed E-state index contributed by atoms with van der Waals surface area (Å²) in [4.78, 5) is 32.8. The van der Waals surface area contributed by atoms with Gasteiger partial charge in [0.1, 0.15) is 11.7 Å². The standard InChI is InChI=1S/C19H22N4O4S/c24-18(16-11-13-3-1-2-4-15(13)20-16)22-8-7-21-9-10-28(26,27)23(14-5-6-14)19(25)17(21)12-22/h1-4,11,14,17,20H,5-10,12H2. The van der Waals surface area contributed by atoms with Crippen LogP contribution in [0, 0.1) is 0 Å². The van der Waals surface area contributed by atoms with Crippen molar-refractivity contribution in [2.24, 2.45) is 0 Å². The van der Waals surface area contributed by atoms with Crippen LogP contribution in [0.3, 0.4) is 0 Å². The predicted octanol–water partition coefficient (Wildman–Crippen LogP) is 0.629. The van der Waals surface area contributed by atoms with E-state index in [9.17, 15) is 18.0 Å². The molecular weight excluding hydrogens is 380 g/mol. The number of amides is 2. The van der Waals surface area contributed by atoms with E-state index >= 15 is 0 Å². The lowest BCUT2D eigenvalue weighted by molar-refractivity contribution is -0.133. The fourth-order valence-electron chi connectivity index (χ4n) is 4.20. The zero-order valence-corrected chi connectivity index (χ0v) is 16.2. The average Bonchev–Trinajstić information content (AvgIpc) is 3.42. The highest BCUT2D eigenvalue weighted by Gasteiger charge is 2.48. The molecule has 8 nitrogen and oxygen atoms in total. The average molecular weight is 402 g/mol. The zero-order chi connectivity index (χ0) is 19.5. The van der Waals surface area contributed by atoms with Gasteiger partial charge in [0.05, 0.1) is 5.75 Å². The molecule has 148 valence electrons. The van der Waals surface area contributed by atoms with E-state index in [1.54, 1.807) is 4.90 Å². The molecule has 3 heterocycles. The molecule has 1 aliphatic carbocycles. The summed E-state index contributed by atoms with van der Waals surface area (Å²) in [5.41, 5.74) is 1.38. The second-order valence-electron chi connectivity index (χ2n) is 7.75. The Bertz CT molecular complexity index is 1030. The van der Waals surface area contributed by atoms with Gasteiger partial charge in [0.2, 0.25) is 10.0 Å². The van der Waals surface area contributed by atoms with Crippen molar-refractivity contribution in [3.05, 3.63) is 36.0 Å². The minimum absolute atomic E-state index is 0.0400. The first-order chi connectivity index (χ1) is 13.4. The Morgan fingerprint density at radius 1 is 1.11 bits per heavy atom. The van der Waals surface area contributed by atoms with Crippen molar-refractivity contribution in [1.29, 1.82) is 0 Å². The normalized spacial score (nSPS) is 25.6. The van der Waals surface area contributed by atoms with E-state index in [0.717, 1.165) is 28.0 Å². The second-order valence-corrected chi connectivity index (χ2v) is 9.72. The van der Waals surface area contributed by atoms with Gasteiger partial charge in [-0.05, 0) is 25.0 Å². The van der Waals surface area contributed by atoms with Gasteiger partial charge in [0.25, 0.3) is 11.8 Å². The van der Waals surface area contributed by atoms with E-state index in [1.807, 2.05) is 35.2 Å². The van der Waals surface area contributed by atoms with Crippen molar-refractivity contribution in [2.45, 2.75) is 24.9 Å². The monoisotopic (exact) mass is 402 g/mol.